The highest BCUT2D eigenvalue weighted by Gasteiger charge is 2.34. The van der Waals surface area contributed by atoms with Gasteiger partial charge in [-0.15, -0.1) is 0 Å². The van der Waals surface area contributed by atoms with E-state index < -0.39 is 24.0 Å². The average Bonchev–Trinajstić information content (AvgIpc) is 2.96. The Hall–Kier alpha value is -3.37. The number of urea groups is 1. The fourth-order valence-corrected chi connectivity index (χ4v) is 4.37. The number of rotatable bonds is 7. The summed E-state index contributed by atoms with van der Waals surface area (Å²) in [5.74, 6) is -1.50. The zero-order valence-electron chi connectivity index (χ0n) is 19.3. The average molecular weight is 519 g/mol. The van der Waals surface area contributed by atoms with Gasteiger partial charge in [-0.25, -0.2) is 9.59 Å². The number of nitrogens with two attached hydrogens (primary N) is 1. The molecule has 1 aliphatic rings. The van der Waals surface area contributed by atoms with E-state index in [4.69, 9.17) is 34.3 Å². The second-order valence-corrected chi connectivity index (χ2v) is 9.08. The van der Waals surface area contributed by atoms with Crippen LogP contribution >= 0.6 is 23.8 Å². The molecule has 0 radical (unpaired) electrons. The summed E-state index contributed by atoms with van der Waals surface area (Å²) in [7, 11) is 1.54. The van der Waals surface area contributed by atoms with Gasteiger partial charge in [-0.2, -0.15) is 0 Å². The Labute approximate surface area is 213 Å². The predicted octanol–water partition coefficient (Wildman–Crippen LogP) is 3.41. The number of thiocarbonyl (C=S) groups is 1. The molecule has 1 fully saturated rings. The number of anilines is 1. The van der Waals surface area contributed by atoms with Crippen molar-refractivity contribution >= 4 is 52.4 Å². The van der Waals surface area contributed by atoms with Crippen LogP contribution in [0.3, 0.4) is 0 Å². The number of aromatic carboxylic acids is 1. The number of nitrogens with zero attached hydrogens (tertiary/aromatic N) is 1. The number of nitrogens with one attached hydrogen (secondary N) is 2. The molecule has 2 atom stereocenters. The van der Waals surface area contributed by atoms with Gasteiger partial charge in [0.05, 0.1) is 36.2 Å². The zero-order chi connectivity index (χ0) is 25.7. The molecule has 9 nitrogen and oxygen atoms in total. The lowest BCUT2D eigenvalue weighted by atomic mass is 9.97. The Morgan fingerprint density at radius 1 is 1.34 bits per heavy atom. The third-order valence-corrected chi connectivity index (χ3v) is 6.34. The van der Waals surface area contributed by atoms with Gasteiger partial charge >= 0.3 is 12.0 Å². The van der Waals surface area contributed by atoms with E-state index in [1.54, 1.807) is 24.3 Å². The Kier molecular flexibility index (Phi) is 8.52. The number of ether oxygens (including phenoxy) is 1. The van der Waals surface area contributed by atoms with Gasteiger partial charge < -0.3 is 26.2 Å². The Bertz CT molecular complexity index is 1160. The number of amides is 3. The van der Waals surface area contributed by atoms with E-state index in [0.29, 0.717) is 34.2 Å². The molecule has 5 N–H and O–H groups in total. The SMILES string of the molecule is CC[C@@H](NC(=O)N1CC(=S)NC[C@@H](Cc2cc(Cl)ccc2OC)C1=O)c1ccc(C(=O)O)c(N)c1. The van der Waals surface area contributed by atoms with Crippen LogP contribution in [0.1, 0.15) is 40.9 Å². The summed E-state index contributed by atoms with van der Waals surface area (Å²) >= 11 is 11.5. The van der Waals surface area contributed by atoms with Crippen LogP contribution in [0.15, 0.2) is 36.4 Å². The summed E-state index contributed by atoms with van der Waals surface area (Å²) in [4.78, 5) is 39.3. The van der Waals surface area contributed by atoms with Crippen molar-refractivity contribution in [3.8, 4) is 5.75 Å². The van der Waals surface area contributed by atoms with Crippen LogP contribution in [0.2, 0.25) is 5.02 Å². The lowest BCUT2D eigenvalue weighted by Gasteiger charge is -2.26. The maximum Gasteiger partial charge on any atom is 0.337 e. The highest BCUT2D eigenvalue weighted by molar-refractivity contribution is 7.80. The van der Waals surface area contributed by atoms with E-state index in [2.05, 4.69) is 10.6 Å². The van der Waals surface area contributed by atoms with Crippen LogP contribution in [0.5, 0.6) is 5.75 Å². The van der Waals surface area contributed by atoms with E-state index in [9.17, 15) is 19.5 Å². The van der Waals surface area contributed by atoms with E-state index in [-0.39, 0.29) is 30.2 Å². The molecule has 0 aliphatic carbocycles. The lowest BCUT2D eigenvalue weighted by Crippen LogP contribution is -2.48. The number of hydrogen-bond acceptors (Lipinski definition) is 6. The van der Waals surface area contributed by atoms with E-state index in [1.165, 1.54) is 19.2 Å². The third kappa shape index (κ3) is 6.20. The predicted molar refractivity (Wildman–Crippen MR) is 137 cm³/mol. The summed E-state index contributed by atoms with van der Waals surface area (Å²) in [6.45, 7) is 2.07. The van der Waals surface area contributed by atoms with Crippen molar-refractivity contribution in [1.29, 1.82) is 0 Å². The maximum atomic E-state index is 13.4. The van der Waals surface area contributed by atoms with Crippen molar-refractivity contribution in [3.63, 3.8) is 0 Å². The number of methoxy groups -OCH3 is 1. The number of carbonyl (C=O) groups is 3. The van der Waals surface area contributed by atoms with Gasteiger partial charge in [0, 0.05) is 17.3 Å². The van der Waals surface area contributed by atoms with Crippen LogP contribution < -0.4 is 21.1 Å². The highest BCUT2D eigenvalue weighted by Crippen LogP contribution is 2.27. The fourth-order valence-electron chi connectivity index (χ4n) is 3.97. The zero-order valence-corrected chi connectivity index (χ0v) is 20.9. The monoisotopic (exact) mass is 518 g/mol. The van der Waals surface area contributed by atoms with Crippen molar-refractivity contribution in [2.24, 2.45) is 5.92 Å². The topological polar surface area (TPSA) is 134 Å². The first-order valence-electron chi connectivity index (χ1n) is 11.0. The molecule has 2 aromatic carbocycles. The molecule has 0 aromatic heterocycles. The summed E-state index contributed by atoms with van der Waals surface area (Å²) in [6.07, 6.45) is 0.790. The van der Waals surface area contributed by atoms with Gasteiger partial charge in [0.25, 0.3) is 0 Å². The Balaban J connectivity index is 1.81. The largest absolute Gasteiger partial charge is 0.496 e. The Morgan fingerprint density at radius 2 is 2.09 bits per heavy atom. The molecule has 1 saturated heterocycles. The number of hydrogen-bond donors (Lipinski definition) is 4. The third-order valence-electron chi connectivity index (χ3n) is 5.83. The quantitative estimate of drug-likeness (QED) is 0.323. The number of carboxylic acid groups (broad SMARTS) is 1. The molecule has 1 aliphatic heterocycles. The van der Waals surface area contributed by atoms with Crippen LogP contribution in [0.25, 0.3) is 0 Å². The van der Waals surface area contributed by atoms with Crippen molar-refractivity contribution in [1.82, 2.24) is 15.5 Å². The molecule has 11 heteroatoms. The summed E-state index contributed by atoms with van der Waals surface area (Å²) in [5.41, 5.74) is 7.32. The molecule has 0 unspecified atom stereocenters. The standard InChI is InChI=1S/C24H27ClN4O5S/c1-3-19(13-4-6-17(23(31)32)18(26)10-13)28-24(33)29-12-21(35)27-11-15(22(29)30)8-14-9-16(25)5-7-20(14)34-2/h4-7,9-10,15,19H,3,8,11-12,26H2,1-2H3,(H,27,35)(H,28,33)(H,31,32)/t15-,19-/m1/s1. The molecule has 2 aromatic rings. The first kappa shape index (κ1) is 26.2. The minimum absolute atomic E-state index is 0.0201. The van der Waals surface area contributed by atoms with Crippen molar-refractivity contribution < 1.29 is 24.2 Å². The number of imide groups is 1. The molecule has 3 rings (SSSR count). The number of carbonyl (C=O) groups excluding carboxylic acids is 2. The molecule has 1 heterocycles. The van der Waals surface area contributed by atoms with Gasteiger partial charge in [0.2, 0.25) is 5.91 Å². The van der Waals surface area contributed by atoms with E-state index in [1.807, 2.05) is 6.92 Å². The minimum Gasteiger partial charge on any atom is -0.496 e. The second-order valence-electron chi connectivity index (χ2n) is 8.15. The van der Waals surface area contributed by atoms with Crippen LogP contribution in [0, 0.1) is 5.92 Å². The van der Waals surface area contributed by atoms with Crippen molar-refractivity contribution in [2.75, 3.05) is 25.9 Å². The number of carboxylic acids is 1. The lowest BCUT2D eigenvalue weighted by molar-refractivity contribution is -0.131. The number of benzene rings is 2. The van der Waals surface area contributed by atoms with Crippen LogP contribution in [0.4, 0.5) is 10.5 Å². The molecular weight excluding hydrogens is 492 g/mol. The molecule has 3 amide bonds. The smallest absolute Gasteiger partial charge is 0.337 e. The van der Waals surface area contributed by atoms with E-state index >= 15 is 0 Å². The fraction of sp³-hybridized carbons (Fsp3) is 0.333. The molecule has 0 saturated carbocycles. The minimum atomic E-state index is -1.13. The van der Waals surface area contributed by atoms with Crippen LogP contribution in [-0.4, -0.2) is 53.1 Å². The molecule has 186 valence electrons. The summed E-state index contributed by atoms with van der Waals surface area (Å²) in [5, 5.41) is 15.6. The van der Waals surface area contributed by atoms with Gasteiger partial charge in [0.1, 0.15) is 5.75 Å². The summed E-state index contributed by atoms with van der Waals surface area (Å²) in [6, 6.07) is 8.59. The first-order valence-corrected chi connectivity index (χ1v) is 11.8. The number of halogens is 1. The highest BCUT2D eigenvalue weighted by atomic mass is 35.5. The first-order chi connectivity index (χ1) is 16.6. The Morgan fingerprint density at radius 3 is 2.71 bits per heavy atom. The van der Waals surface area contributed by atoms with E-state index in [0.717, 1.165) is 10.5 Å². The van der Waals surface area contributed by atoms with Gasteiger partial charge in [-0.3, -0.25) is 9.69 Å². The van der Waals surface area contributed by atoms with Crippen LogP contribution in [-0.2, 0) is 11.2 Å². The molecule has 0 bridgehead atoms. The molecule has 0 spiro atoms. The molecular formula is C24H27ClN4O5S. The second kappa shape index (κ2) is 11.4. The maximum absolute atomic E-state index is 13.4. The normalized spacial score (nSPS) is 16.8. The number of nitrogen functional groups attached to an aromatic ring is 1. The van der Waals surface area contributed by atoms with Gasteiger partial charge in [-0.1, -0.05) is 36.8 Å². The van der Waals surface area contributed by atoms with Crippen molar-refractivity contribution in [2.45, 2.75) is 25.8 Å². The van der Waals surface area contributed by atoms with Crippen molar-refractivity contribution in [3.05, 3.63) is 58.1 Å². The molecule has 35 heavy (non-hydrogen) atoms. The van der Waals surface area contributed by atoms with Gasteiger partial charge in [0.15, 0.2) is 0 Å². The van der Waals surface area contributed by atoms with Gasteiger partial charge in [-0.05, 0) is 54.3 Å². The summed E-state index contributed by atoms with van der Waals surface area (Å²) < 4.78 is 5.40.